The van der Waals surface area contributed by atoms with Crippen molar-refractivity contribution < 1.29 is 24.2 Å². The van der Waals surface area contributed by atoms with Gasteiger partial charge in [-0.2, -0.15) is 0 Å². The van der Waals surface area contributed by atoms with Crippen LogP contribution in [0, 0.1) is 0 Å². The lowest BCUT2D eigenvalue weighted by Gasteiger charge is -2.18. The normalized spacial score (nSPS) is 12.7. The van der Waals surface area contributed by atoms with E-state index in [0.29, 0.717) is 38.6 Å². The summed E-state index contributed by atoms with van der Waals surface area (Å²) >= 11 is 0. The van der Waals surface area contributed by atoms with Crippen molar-refractivity contribution in [3.8, 4) is 0 Å². The van der Waals surface area contributed by atoms with Gasteiger partial charge in [0.05, 0.1) is 0 Å². The van der Waals surface area contributed by atoms with Crippen LogP contribution >= 0.6 is 0 Å². The molecule has 0 aromatic rings. The van der Waals surface area contributed by atoms with Gasteiger partial charge in [-0.3, -0.25) is 9.59 Å². The Bertz CT molecular complexity index is 817. The number of rotatable bonds is 40. The van der Waals surface area contributed by atoms with Crippen molar-refractivity contribution in [2.75, 3.05) is 6.54 Å². The van der Waals surface area contributed by atoms with Gasteiger partial charge >= 0.3 is 11.9 Å². The number of carboxylic acid groups (broad SMARTS) is 1. The molecule has 51 heavy (non-hydrogen) atoms. The quantitative estimate of drug-likeness (QED) is 0.0329. The number of allylic oxidation sites excluding steroid dienone is 2. The number of esters is 1. The Labute approximate surface area is 315 Å². The third-order valence-corrected chi connectivity index (χ3v) is 10.1. The summed E-state index contributed by atoms with van der Waals surface area (Å²) in [6.45, 7) is 4.89. The summed E-state index contributed by atoms with van der Waals surface area (Å²) in [5, 5.41) is 11.9. The van der Waals surface area contributed by atoms with Gasteiger partial charge in [0.2, 0.25) is 5.91 Å². The van der Waals surface area contributed by atoms with Crippen LogP contribution in [0.3, 0.4) is 0 Å². The van der Waals surface area contributed by atoms with Gasteiger partial charge in [0.15, 0.2) is 0 Å². The molecule has 0 spiro atoms. The number of amides is 1. The van der Waals surface area contributed by atoms with Crippen molar-refractivity contribution >= 4 is 17.8 Å². The minimum atomic E-state index is -1.01. The number of hydrogen-bond acceptors (Lipinski definition) is 5. The van der Waals surface area contributed by atoms with Gasteiger partial charge in [0, 0.05) is 12.8 Å². The fourth-order valence-electron chi connectivity index (χ4n) is 6.74. The summed E-state index contributed by atoms with van der Waals surface area (Å²) in [5.74, 6) is -1.31. The third kappa shape index (κ3) is 36.3. The first kappa shape index (κ1) is 49.1. The van der Waals surface area contributed by atoms with E-state index in [1.54, 1.807) is 0 Å². The molecule has 7 heteroatoms. The van der Waals surface area contributed by atoms with Gasteiger partial charge < -0.3 is 20.9 Å². The van der Waals surface area contributed by atoms with Crippen molar-refractivity contribution in [3.05, 3.63) is 12.2 Å². The van der Waals surface area contributed by atoms with Gasteiger partial charge in [-0.25, -0.2) is 4.79 Å². The molecule has 7 nitrogen and oxygen atoms in total. The number of carboxylic acids is 1. The monoisotopic (exact) mass is 721 g/mol. The molecule has 2 atom stereocenters. The largest absolute Gasteiger partial charge is 0.480 e. The second-order valence-corrected chi connectivity index (χ2v) is 15.1. The molecular weight excluding hydrogens is 636 g/mol. The van der Waals surface area contributed by atoms with E-state index < -0.39 is 12.0 Å². The Hall–Kier alpha value is -1.89. The lowest BCUT2D eigenvalue weighted by atomic mass is 10.0. The van der Waals surface area contributed by atoms with E-state index in [1.165, 1.54) is 135 Å². The van der Waals surface area contributed by atoms with E-state index in [4.69, 9.17) is 10.5 Å². The van der Waals surface area contributed by atoms with Crippen molar-refractivity contribution in [1.29, 1.82) is 0 Å². The standard InChI is InChI=1S/C44H84N2O5/c1-3-5-7-9-10-11-12-13-14-15-16-17-18-19-20-21-22-23-24-25-26-27-32-38-43(48)51-40(34-29-8-6-4-2)35-30-28-31-37-42(47)46-41(44(49)50)36-33-39-45/h15-16,40-41H,3-14,17-39,45H2,1-2H3,(H,46,47)(H,49,50)/b16-15-. The molecular formula is C44H84N2O5. The van der Waals surface area contributed by atoms with E-state index in [-0.39, 0.29) is 18.0 Å². The average molecular weight is 721 g/mol. The van der Waals surface area contributed by atoms with Crippen LogP contribution in [0.2, 0.25) is 0 Å². The number of unbranched alkanes of at least 4 members (excludes halogenated alkanes) is 24. The first-order valence-electron chi connectivity index (χ1n) is 22.0. The Morgan fingerprint density at radius 1 is 0.549 bits per heavy atom. The third-order valence-electron chi connectivity index (χ3n) is 10.1. The fraction of sp³-hybridized carbons (Fsp3) is 0.886. The van der Waals surface area contributed by atoms with Crippen LogP contribution in [0.15, 0.2) is 12.2 Å². The molecule has 0 radical (unpaired) electrons. The van der Waals surface area contributed by atoms with Gasteiger partial charge in [-0.15, -0.1) is 0 Å². The van der Waals surface area contributed by atoms with Crippen molar-refractivity contribution in [3.63, 3.8) is 0 Å². The molecule has 300 valence electrons. The number of carbonyl (C=O) groups is 3. The van der Waals surface area contributed by atoms with Gasteiger partial charge in [-0.1, -0.05) is 154 Å². The SMILES string of the molecule is CCCCCCCCCC/C=C\CCCCCCCCCCCCCC(=O)OC(CCCCCC)CCCCCC(=O)NC(CCCN)C(=O)O. The van der Waals surface area contributed by atoms with Gasteiger partial charge in [0.1, 0.15) is 12.1 Å². The molecule has 0 fully saturated rings. The minimum absolute atomic E-state index is 0.0446. The van der Waals surface area contributed by atoms with E-state index in [0.717, 1.165) is 51.4 Å². The molecule has 0 aliphatic carbocycles. The molecule has 0 rings (SSSR count). The van der Waals surface area contributed by atoms with E-state index >= 15 is 0 Å². The zero-order chi connectivity index (χ0) is 37.5. The maximum Gasteiger partial charge on any atom is 0.326 e. The highest BCUT2D eigenvalue weighted by Crippen LogP contribution is 2.18. The topological polar surface area (TPSA) is 119 Å². The molecule has 0 aliphatic rings. The summed E-state index contributed by atoms with van der Waals surface area (Å²) in [7, 11) is 0. The Kier molecular flexibility index (Phi) is 37.9. The molecule has 0 aromatic carbocycles. The van der Waals surface area contributed by atoms with Gasteiger partial charge in [0.25, 0.3) is 0 Å². The van der Waals surface area contributed by atoms with Crippen LogP contribution in [0.4, 0.5) is 0 Å². The van der Waals surface area contributed by atoms with Crippen molar-refractivity contribution in [1.82, 2.24) is 5.32 Å². The van der Waals surface area contributed by atoms with E-state index in [9.17, 15) is 19.5 Å². The number of nitrogens with two attached hydrogens (primary N) is 1. The molecule has 0 aromatic heterocycles. The highest BCUT2D eigenvalue weighted by Gasteiger charge is 2.19. The maximum atomic E-state index is 12.6. The van der Waals surface area contributed by atoms with Gasteiger partial charge in [-0.05, 0) is 83.6 Å². The number of hydrogen-bond donors (Lipinski definition) is 3. The first-order chi connectivity index (χ1) is 24.9. The van der Waals surface area contributed by atoms with Crippen LogP contribution < -0.4 is 11.1 Å². The zero-order valence-corrected chi connectivity index (χ0v) is 33.7. The summed E-state index contributed by atoms with van der Waals surface area (Å²) in [6, 6.07) is -0.871. The summed E-state index contributed by atoms with van der Waals surface area (Å²) < 4.78 is 5.93. The molecule has 1 amide bonds. The average Bonchev–Trinajstić information content (AvgIpc) is 3.11. The van der Waals surface area contributed by atoms with Crippen LogP contribution in [0.1, 0.15) is 232 Å². The smallest absolute Gasteiger partial charge is 0.326 e. The predicted octanol–water partition coefficient (Wildman–Crippen LogP) is 12.3. The Morgan fingerprint density at radius 3 is 1.43 bits per heavy atom. The van der Waals surface area contributed by atoms with Crippen LogP contribution in [0.25, 0.3) is 0 Å². The lowest BCUT2D eigenvalue weighted by molar-refractivity contribution is -0.150. The van der Waals surface area contributed by atoms with Crippen molar-refractivity contribution in [2.45, 2.75) is 244 Å². The maximum absolute atomic E-state index is 12.6. The van der Waals surface area contributed by atoms with Crippen LogP contribution in [0.5, 0.6) is 0 Å². The number of nitrogens with one attached hydrogen (secondary N) is 1. The second-order valence-electron chi connectivity index (χ2n) is 15.1. The fourth-order valence-corrected chi connectivity index (χ4v) is 6.74. The Morgan fingerprint density at radius 2 is 0.961 bits per heavy atom. The molecule has 0 saturated heterocycles. The van der Waals surface area contributed by atoms with Crippen LogP contribution in [-0.4, -0.2) is 41.6 Å². The predicted molar refractivity (Wildman–Crippen MR) is 216 cm³/mol. The Balaban J connectivity index is 3.85. The summed E-state index contributed by atoms with van der Waals surface area (Å²) in [4.78, 5) is 36.2. The highest BCUT2D eigenvalue weighted by atomic mass is 16.5. The molecule has 0 saturated carbocycles. The second kappa shape index (κ2) is 39.3. The number of aliphatic carboxylic acids is 1. The van der Waals surface area contributed by atoms with E-state index in [1.807, 2.05) is 0 Å². The minimum Gasteiger partial charge on any atom is -0.480 e. The lowest BCUT2D eigenvalue weighted by Crippen LogP contribution is -2.40. The zero-order valence-electron chi connectivity index (χ0n) is 33.7. The highest BCUT2D eigenvalue weighted by molar-refractivity contribution is 5.83. The molecule has 4 N–H and O–H groups in total. The van der Waals surface area contributed by atoms with Crippen molar-refractivity contribution in [2.24, 2.45) is 5.73 Å². The van der Waals surface area contributed by atoms with E-state index in [2.05, 4.69) is 31.3 Å². The summed E-state index contributed by atoms with van der Waals surface area (Å²) in [5.41, 5.74) is 5.47. The molecule has 0 bridgehead atoms. The first-order valence-corrected chi connectivity index (χ1v) is 22.0. The number of ether oxygens (including phenoxy) is 1. The molecule has 2 unspecified atom stereocenters. The summed E-state index contributed by atoms with van der Waals surface area (Å²) in [6.07, 6.45) is 42.9. The number of carbonyl (C=O) groups excluding carboxylic acids is 2. The van der Waals surface area contributed by atoms with Crippen LogP contribution in [-0.2, 0) is 19.1 Å². The molecule has 0 aliphatic heterocycles. The molecule has 0 heterocycles.